The molecule has 0 aromatic carbocycles. The first-order valence-electron chi connectivity index (χ1n) is 6.33. The number of likely N-dealkylation sites (tertiary alicyclic amines) is 1. The Kier molecular flexibility index (Phi) is 3.84. The van der Waals surface area contributed by atoms with Crippen LogP contribution in [0.3, 0.4) is 0 Å². The van der Waals surface area contributed by atoms with Gasteiger partial charge in [-0.15, -0.1) is 0 Å². The van der Waals surface area contributed by atoms with Gasteiger partial charge in [-0.05, 0) is 43.9 Å². The van der Waals surface area contributed by atoms with E-state index in [0.29, 0.717) is 5.92 Å². The number of nitrogens with two attached hydrogens (primary N) is 1. The predicted octanol–water partition coefficient (Wildman–Crippen LogP) is 1.23. The molecule has 94 valence electrons. The summed E-state index contributed by atoms with van der Waals surface area (Å²) in [6.07, 6.45) is 5.24. The highest BCUT2D eigenvalue weighted by molar-refractivity contribution is 5.92. The molecule has 2 N–H and O–H groups in total. The minimum Gasteiger partial charge on any atom is -0.347 e. The van der Waals surface area contributed by atoms with Crippen molar-refractivity contribution in [3.8, 4) is 0 Å². The molecule has 1 aromatic rings. The molecule has 17 heavy (non-hydrogen) atoms. The van der Waals surface area contributed by atoms with Crippen molar-refractivity contribution in [3.63, 3.8) is 0 Å². The number of hydrogen-bond acceptors (Lipinski definition) is 2. The van der Waals surface area contributed by atoms with Gasteiger partial charge in [0.2, 0.25) is 0 Å². The van der Waals surface area contributed by atoms with Gasteiger partial charge in [-0.2, -0.15) is 0 Å². The van der Waals surface area contributed by atoms with Crippen LogP contribution in [0.5, 0.6) is 0 Å². The topological polar surface area (TPSA) is 51.3 Å². The van der Waals surface area contributed by atoms with Crippen LogP contribution in [0.15, 0.2) is 18.3 Å². The number of aromatic nitrogens is 1. The zero-order chi connectivity index (χ0) is 12.3. The Morgan fingerprint density at radius 1 is 1.59 bits per heavy atom. The summed E-state index contributed by atoms with van der Waals surface area (Å²) in [5, 5.41) is 0. The van der Waals surface area contributed by atoms with Crippen LogP contribution in [-0.4, -0.2) is 35.0 Å². The van der Waals surface area contributed by atoms with E-state index < -0.39 is 0 Å². The van der Waals surface area contributed by atoms with Crippen LogP contribution >= 0.6 is 0 Å². The Labute approximate surface area is 102 Å². The van der Waals surface area contributed by atoms with Gasteiger partial charge in [-0.3, -0.25) is 4.79 Å². The largest absolute Gasteiger partial charge is 0.347 e. The lowest BCUT2D eigenvalue weighted by Crippen LogP contribution is -2.41. The number of nitrogens with zero attached hydrogens (tertiary/aromatic N) is 2. The van der Waals surface area contributed by atoms with E-state index in [1.165, 1.54) is 6.42 Å². The van der Waals surface area contributed by atoms with Gasteiger partial charge < -0.3 is 15.2 Å². The van der Waals surface area contributed by atoms with Crippen molar-refractivity contribution in [3.05, 3.63) is 24.0 Å². The molecule has 2 heterocycles. The molecule has 1 amide bonds. The Bertz CT molecular complexity index is 384. The van der Waals surface area contributed by atoms with Crippen LogP contribution in [0.1, 0.15) is 29.8 Å². The summed E-state index contributed by atoms with van der Waals surface area (Å²) in [6.45, 7) is 2.46. The van der Waals surface area contributed by atoms with Gasteiger partial charge >= 0.3 is 0 Å². The summed E-state index contributed by atoms with van der Waals surface area (Å²) in [4.78, 5) is 14.3. The maximum Gasteiger partial charge on any atom is 0.270 e. The molecule has 4 heteroatoms. The number of carbonyl (C=O) groups excluding carboxylic acids is 1. The average Bonchev–Trinajstić information content (AvgIpc) is 2.75. The number of amides is 1. The van der Waals surface area contributed by atoms with Crippen LogP contribution in [0, 0.1) is 5.92 Å². The fourth-order valence-electron chi connectivity index (χ4n) is 2.57. The van der Waals surface area contributed by atoms with E-state index in [9.17, 15) is 4.79 Å². The minimum absolute atomic E-state index is 0.152. The first kappa shape index (κ1) is 12.2. The lowest BCUT2D eigenvalue weighted by molar-refractivity contribution is 0.0660. The summed E-state index contributed by atoms with van der Waals surface area (Å²) in [6, 6.07) is 3.80. The lowest BCUT2D eigenvalue weighted by atomic mass is 9.94. The van der Waals surface area contributed by atoms with Crippen LogP contribution in [0.2, 0.25) is 0 Å². The molecule has 1 unspecified atom stereocenters. The molecule has 1 aliphatic heterocycles. The third-order valence-electron chi connectivity index (χ3n) is 3.54. The lowest BCUT2D eigenvalue weighted by Gasteiger charge is -2.32. The zero-order valence-corrected chi connectivity index (χ0v) is 10.4. The molecule has 0 aliphatic carbocycles. The second-order valence-electron chi connectivity index (χ2n) is 4.84. The van der Waals surface area contributed by atoms with Gasteiger partial charge in [0.05, 0.1) is 0 Å². The standard InChI is InChI=1S/C13H21N3O/c1-15-8-3-5-12(15)13(17)16-9-2-4-11(10-16)6-7-14/h3,5,8,11H,2,4,6-7,9-10,14H2,1H3. The monoisotopic (exact) mass is 235 g/mol. The van der Waals surface area contributed by atoms with Crippen molar-refractivity contribution < 1.29 is 4.79 Å². The maximum absolute atomic E-state index is 12.3. The number of carbonyl (C=O) groups is 1. The highest BCUT2D eigenvalue weighted by Crippen LogP contribution is 2.20. The SMILES string of the molecule is Cn1cccc1C(=O)N1CCCC(CCN)C1. The van der Waals surface area contributed by atoms with Crippen molar-refractivity contribution in [2.24, 2.45) is 18.7 Å². The molecular weight excluding hydrogens is 214 g/mol. The fraction of sp³-hybridized carbons (Fsp3) is 0.615. The fourth-order valence-corrected chi connectivity index (χ4v) is 2.57. The molecule has 1 fully saturated rings. The van der Waals surface area contributed by atoms with Gasteiger partial charge in [-0.1, -0.05) is 0 Å². The van der Waals surface area contributed by atoms with Crippen LogP contribution < -0.4 is 5.73 Å². The molecule has 2 rings (SSSR count). The van der Waals surface area contributed by atoms with Crippen molar-refractivity contribution >= 4 is 5.91 Å². The van der Waals surface area contributed by atoms with Gasteiger partial charge in [0.15, 0.2) is 0 Å². The third kappa shape index (κ3) is 2.69. The van der Waals surface area contributed by atoms with E-state index in [1.807, 2.05) is 34.8 Å². The maximum atomic E-state index is 12.3. The van der Waals surface area contributed by atoms with Crippen LogP contribution in [0.25, 0.3) is 0 Å². The highest BCUT2D eigenvalue weighted by atomic mass is 16.2. The molecule has 1 atom stereocenters. The van der Waals surface area contributed by atoms with Gasteiger partial charge in [0, 0.05) is 26.3 Å². The molecule has 1 saturated heterocycles. The molecule has 1 aromatic heterocycles. The van der Waals surface area contributed by atoms with E-state index in [0.717, 1.165) is 38.2 Å². The minimum atomic E-state index is 0.152. The number of piperidine rings is 1. The second-order valence-corrected chi connectivity index (χ2v) is 4.84. The van der Waals surface area contributed by atoms with Crippen molar-refractivity contribution in [1.82, 2.24) is 9.47 Å². The summed E-state index contributed by atoms with van der Waals surface area (Å²) < 4.78 is 1.88. The van der Waals surface area contributed by atoms with Gasteiger partial charge in [0.1, 0.15) is 5.69 Å². The second kappa shape index (κ2) is 5.36. The van der Waals surface area contributed by atoms with Crippen molar-refractivity contribution in [2.75, 3.05) is 19.6 Å². The molecule has 1 aliphatic rings. The first-order chi connectivity index (χ1) is 8.22. The summed E-state index contributed by atoms with van der Waals surface area (Å²) in [5.41, 5.74) is 6.37. The van der Waals surface area contributed by atoms with E-state index >= 15 is 0 Å². The Hall–Kier alpha value is -1.29. The average molecular weight is 235 g/mol. The van der Waals surface area contributed by atoms with Gasteiger partial charge in [-0.25, -0.2) is 0 Å². The third-order valence-corrected chi connectivity index (χ3v) is 3.54. The molecule has 4 nitrogen and oxygen atoms in total. The van der Waals surface area contributed by atoms with E-state index in [2.05, 4.69) is 0 Å². The predicted molar refractivity (Wildman–Crippen MR) is 67.7 cm³/mol. The summed E-state index contributed by atoms with van der Waals surface area (Å²) in [7, 11) is 1.91. The smallest absolute Gasteiger partial charge is 0.270 e. The summed E-state index contributed by atoms with van der Waals surface area (Å²) in [5.74, 6) is 0.734. The van der Waals surface area contributed by atoms with Crippen molar-refractivity contribution in [2.45, 2.75) is 19.3 Å². The zero-order valence-electron chi connectivity index (χ0n) is 10.4. The van der Waals surface area contributed by atoms with Crippen LogP contribution in [0.4, 0.5) is 0 Å². The first-order valence-corrected chi connectivity index (χ1v) is 6.33. The van der Waals surface area contributed by atoms with E-state index in [4.69, 9.17) is 5.73 Å². The van der Waals surface area contributed by atoms with Crippen molar-refractivity contribution in [1.29, 1.82) is 0 Å². The number of hydrogen-bond donors (Lipinski definition) is 1. The summed E-state index contributed by atoms with van der Waals surface area (Å²) >= 11 is 0. The van der Waals surface area contributed by atoms with E-state index in [-0.39, 0.29) is 5.91 Å². The van der Waals surface area contributed by atoms with Gasteiger partial charge in [0.25, 0.3) is 5.91 Å². The van der Waals surface area contributed by atoms with E-state index in [1.54, 1.807) is 0 Å². The quantitative estimate of drug-likeness (QED) is 0.856. The highest BCUT2D eigenvalue weighted by Gasteiger charge is 2.24. The molecular formula is C13H21N3O. The number of aryl methyl sites for hydroxylation is 1. The molecule has 0 spiro atoms. The molecule has 0 radical (unpaired) electrons. The Morgan fingerprint density at radius 3 is 3.06 bits per heavy atom. The Morgan fingerprint density at radius 2 is 2.41 bits per heavy atom. The Balaban J connectivity index is 2.02. The van der Waals surface area contributed by atoms with Crippen LogP contribution in [-0.2, 0) is 7.05 Å². The molecule has 0 bridgehead atoms. The normalized spacial score (nSPS) is 20.6. The number of rotatable bonds is 3. The molecule has 0 saturated carbocycles.